The van der Waals surface area contributed by atoms with Gasteiger partial charge in [0.2, 0.25) is 5.84 Å². The van der Waals surface area contributed by atoms with Crippen LogP contribution in [0.4, 0.5) is 0 Å². The Hall–Kier alpha value is -0.630. The third-order valence-corrected chi connectivity index (χ3v) is 2.08. The summed E-state index contributed by atoms with van der Waals surface area (Å²) in [5.41, 5.74) is 0. The second kappa shape index (κ2) is 2.54. The predicted molar refractivity (Wildman–Crippen MR) is 43.6 cm³/mol. The van der Waals surface area contributed by atoms with E-state index in [1.54, 1.807) is 0 Å². The Kier molecular flexibility index (Phi) is 1.90. The Morgan fingerprint density at radius 2 is 2.30 bits per heavy atom. The zero-order valence-electron chi connectivity index (χ0n) is 6.96. The summed E-state index contributed by atoms with van der Waals surface area (Å²) in [4.78, 5) is 4.22. The molecule has 0 aromatic heterocycles. The minimum atomic E-state index is 0.899. The van der Waals surface area contributed by atoms with Gasteiger partial charge in [-0.3, -0.25) is 4.48 Å². The lowest BCUT2D eigenvalue weighted by atomic mass is 10.3. The van der Waals surface area contributed by atoms with Crippen molar-refractivity contribution in [2.24, 2.45) is 4.99 Å². The van der Waals surface area contributed by atoms with Crippen molar-refractivity contribution in [3.8, 4) is 0 Å². The number of hydrogen-bond acceptors (Lipinski definition) is 1. The molecule has 0 aromatic rings. The van der Waals surface area contributed by atoms with Crippen LogP contribution in [0.1, 0.15) is 20.3 Å². The van der Waals surface area contributed by atoms with Crippen LogP contribution in [0.25, 0.3) is 0 Å². The van der Waals surface area contributed by atoms with E-state index in [0.717, 1.165) is 11.0 Å². The van der Waals surface area contributed by atoms with E-state index in [2.05, 4.69) is 32.1 Å². The summed E-state index contributed by atoms with van der Waals surface area (Å²) < 4.78 is 0.899. The maximum atomic E-state index is 4.22. The first-order valence-corrected chi connectivity index (χ1v) is 3.77. The van der Waals surface area contributed by atoms with E-state index in [9.17, 15) is 0 Å². The predicted octanol–water partition coefficient (Wildman–Crippen LogP) is 1.75. The number of hydrogen-bond donors (Lipinski definition) is 0. The van der Waals surface area contributed by atoms with E-state index in [1.165, 1.54) is 12.3 Å². The second-order valence-electron chi connectivity index (χ2n) is 2.97. The summed E-state index contributed by atoms with van der Waals surface area (Å²) in [7, 11) is 2.19. The average molecular weight is 139 g/mol. The number of nitrogens with zero attached hydrogens (tertiary/aromatic N) is 2. The molecule has 56 valence electrons. The van der Waals surface area contributed by atoms with Crippen molar-refractivity contribution in [3.05, 3.63) is 12.4 Å². The molecule has 2 heteroatoms. The molecule has 0 spiro atoms. The quantitative estimate of drug-likeness (QED) is 0.517. The van der Waals surface area contributed by atoms with Crippen molar-refractivity contribution in [2.75, 3.05) is 13.6 Å². The first-order valence-electron chi connectivity index (χ1n) is 3.77. The van der Waals surface area contributed by atoms with E-state index in [1.807, 2.05) is 6.20 Å². The van der Waals surface area contributed by atoms with Gasteiger partial charge >= 0.3 is 0 Å². The fourth-order valence-corrected chi connectivity index (χ4v) is 1.23. The highest BCUT2D eigenvalue weighted by atomic mass is 15.4. The topological polar surface area (TPSA) is 12.4 Å². The van der Waals surface area contributed by atoms with Gasteiger partial charge < -0.3 is 0 Å². The van der Waals surface area contributed by atoms with Gasteiger partial charge in [-0.25, -0.2) is 4.99 Å². The summed E-state index contributed by atoms with van der Waals surface area (Å²) in [6.07, 6.45) is 5.23. The summed E-state index contributed by atoms with van der Waals surface area (Å²) >= 11 is 0. The van der Waals surface area contributed by atoms with Gasteiger partial charge in [-0.05, 0) is 6.42 Å². The first kappa shape index (κ1) is 7.48. The summed E-state index contributed by atoms with van der Waals surface area (Å²) in [6.45, 7) is 5.43. The number of rotatable bonds is 2. The molecule has 1 rings (SSSR count). The third-order valence-electron chi connectivity index (χ3n) is 2.08. The van der Waals surface area contributed by atoms with Crippen molar-refractivity contribution in [2.45, 2.75) is 20.3 Å². The van der Waals surface area contributed by atoms with Gasteiger partial charge in [0.1, 0.15) is 6.20 Å². The molecule has 0 aromatic carbocycles. The molecule has 0 amide bonds. The summed E-state index contributed by atoms with van der Waals surface area (Å²) in [5, 5.41) is 0. The van der Waals surface area contributed by atoms with Crippen LogP contribution in [0.15, 0.2) is 17.4 Å². The largest absolute Gasteiger partial charge is 0.254 e. The van der Waals surface area contributed by atoms with E-state index < -0.39 is 0 Å². The molecular formula is C8H15N2+. The minimum absolute atomic E-state index is 0.899. The van der Waals surface area contributed by atoms with E-state index in [4.69, 9.17) is 0 Å². The molecule has 0 aliphatic carbocycles. The zero-order chi connectivity index (χ0) is 7.61. The molecule has 1 heterocycles. The molecule has 0 saturated carbocycles. The maximum absolute atomic E-state index is 4.22. The molecule has 1 aliphatic heterocycles. The van der Waals surface area contributed by atoms with Crippen LogP contribution in [0.2, 0.25) is 0 Å². The Morgan fingerprint density at radius 3 is 2.70 bits per heavy atom. The summed E-state index contributed by atoms with van der Waals surface area (Å²) in [5.74, 6) is 1.20. The third kappa shape index (κ3) is 1.12. The molecule has 1 aliphatic rings. The highest BCUT2D eigenvalue weighted by Gasteiger charge is 2.24. The van der Waals surface area contributed by atoms with Gasteiger partial charge in [0.15, 0.2) is 0 Å². The highest BCUT2D eigenvalue weighted by Crippen LogP contribution is 2.13. The van der Waals surface area contributed by atoms with Gasteiger partial charge in [-0.1, -0.05) is 6.92 Å². The maximum Gasteiger partial charge on any atom is 0.204 e. The van der Waals surface area contributed by atoms with Crippen molar-refractivity contribution in [1.29, 1.82) is 0 Å². The molecule has 2 nitrogen and oxygen atoms in total. The van der Waals surface area contributed by atoms with Crippen LogP contribution in [0, 0.1) is 0 Å². The second-order valence-corrected chi connectivity index (χ2v) is 2.97. The van der Waals surface area contributed by atoms with Crippen LogP contribution < -0.4 is 0 Å². The molecule has 0 saturated heterocycles. The van der Waals surface area contributed by atoms with Crippen LogP contribution in [-0.4, -0.2) is 23.9 Å². The molecule has 0 N–H and O–H groups in total. The van der Waals surface area contributed by atoms with Crippen LogP contribution in [0.3, 0.4) is 0 Å². The smallest absolute Gasteiger partial charge is 0.204 e. The van der Waals surface area contributed by atoms with E-state index in [0.29, 0.717) is 0 Å². The Morgan fingerprint density at radius 1 is 1.60 bits per heavy atom. The van der Waals surface area contributed by atoms with Gasteiger partial charge in [-0.2, -0.15) is 0 Å². The Bertz CT molecular complexity index is 182. The fourth-order valence-electron chi connectivity index (χ4n) is 1.23. The van der Waals surface area contributed by atoms with Crippen LogP contribution >= 0.6 is 0 Å². The number of aliphatic imine (C=N–C) groups is 1. The zero-order valence-corrected chi connectivity index (χ0v) is 6.96. The van der Waals surface area contributed by atoms with Crippen molar-refractivity contribution in [3.63, 3.8) is 0 Å². The molecular weight excluding hydrogens is 124 g/mol. The van der Waals surface area contributed by atoms with Gasteiger partial charge in [0.25, 0.3) is 0 Å². The Labute approximate surface area is 62.5 Å². The standard InChI is InChI=1S/C8H15N2/c1-4-6-10(3)7-5-9-8(10)2/h5,7H,4,6H2,1-3H3/q+1. The summed E-state index contributed by atoms with van der Waals surface area (Å²) in [6, 6.07) is 0. The molecule has 0 fully saturated rings. The van der Waals surface area contributed by atoms with Gasteiger partial charge in [0, 0.05) is 6.92 Å². The fraction of sp³-hybridized carbons (Fsp3) is 0.625. The van der Waals surface area contributed by atoms with E-state index >= 15 is 0 Å². The number of amidine groups is 1. The minimum Gasteiger partial charge on any atom is -0.254 e. The number of quaternary nitrogens is 1. The normalized spacial score (nSPS) is 30.9. The first-order chi connectivity index (χ1) is 4.69. The average Bonchev–Trinajstić information content (AvgIpc) is 2.15. The molecule has 1 unspecified atom stereocenters. The monoisotopic (exact) mass is 139 g/mol. The SMILES string of the molecule is CCC[N+]1(C)C=CN=C1C. The van der Waals surface area contributed by atoms with Crippen molar-refractivity contribution in [1.82, 2.24) is 0 Å². The van der Waals surface area contributed by atoms with Crippen LogP contribution in [-0.2, 0) is 0 Å². The van der Waals surface area contributed by atoms with Crippen molar-refractivity contribution < 1.29 is 4.48 Å². The molecule has 0 radical (unpaired) electrons. The van der Waals surface area contributed by atoms with Gasteiger partial charge in [-0.15, -0.1) is 0 Å². The lowest BCUT2D eigenvalue weighted by Gasteiger charge is -2.24. The lowest BCUT2D eigenvalue weighted by Crippen LogP contribution is -2.41. The molecule has 1 atom stereocenters. The Balaban J connectivity index is 2.69. The highest BCUT2D eigenvalue weighted by molar-refractivity contribution is 5.75. The van der Waals surface area contributed by atoms with Crippen LogP contribution in [0.5, 0.6) is 0 Å². The molecule has 0 bridgehead atoms. The lowest BCUT2D eigenvalue weighted by molar-refractivity contribution is -0.764. The van der Waals surface area contributed by atoms with Gasteiger partial charge in [0.05, 0.1) is 19.8 Å². The van der Waals surface area contributed by atoms with Crippen molar-refractivity contribution >= 4 is 5.84 Å². The molecule has 10 heavy (non-hydrogen) atoms. The van der Waals surface area contributed by atoms with E-state index in [-0.39, 0.29) is 0 Å².